The molecule has 0 aromatic heterocycles. The fourth-order valence-corrected chi connectivity index (χ4v) is 5.62. The molecule has 3 aromatic rings. The Morgan fingerprint density at radius 1 is 0.973 bits per heavy atom. The largest absolute Gasteiger partial charge is 0.493 e. The van der Waals surface area contributed by atoms with E-state index >= 15 is 0 Å². The molecule has 37 heavy (non-hydrogen) atoms. The van der Waals surface area contributed by atoms with Crippen LogP contribution in [0.5, 0.6) is 17.2 Å². The fraction of sp³-hybridized carbons (Fsp3) is 0.345. The summed E-state index contributed by atoms with van der Waals surface area (Å²) in [5.74, 6) is 2.08. The molecule has 2 unspecified atom stereocenters. The van der Waals surface area contributed by atoms with Gasteiger partial charge in [0.25, 0.3) is 0 Å². The molecule has 8 heteroatoms. The molecule has 0 radical (unpaired) electrons. The first kappa shape index (κ1) is 25.3. The van der Waals surface area contributed by atoms with Gasteiger partial charge in [-0.15, -0.1) is 0 Å². The van der Waals surface area contributed by atoms with Crippen LogP contribution in [0.1, 0.15) is 42.0 Å². The van der Waals surface area contributed by atoms with Gasteiger partial charge in [-0.1, -0.05) is 29.8 Å². The van der Waals surface area contributed by atoms with E-state index in [1.165, 1.54) is 0 Å². The third kappa shape index (κ3) is 5.50. The summed E-state index contributed by atoms with van der Waals surface area (Å²) < 4.78 is 42.6. The molecular formula is C29H31NO6S. The second kappa shape index (κ2) is 11.4. The van der Waals surface area contributed by atoms with E-state index in [4.69, 9.17) is 28.7 Å². The standard InChI is InChI=1S/C29H31NO6S/c1-19-11-13-21(14-12-19)37(31)26-9-5-4-8-22(26)29-30-23(18-35-29)20-16-24(32-2)28(25(17-20)33-3)36-27-10-6-7-15-34-27/h4-5,8-9,11-14,16-17,23,27H,6-7,10,15,18H2,1-3H3/t23-,27?,37?/m1/s1. The number of ether oxygens (including phenoxy) is 5. The van der Waals surface area contributed by atoms with E-state index in [1.54, 1.807) is 14.2 Å². The Morgan fingerprint density at radius 3 is 2.38 bits per heavy atom. The maximum Gasteiger partial charge on any atom is 0.218 e. The summed E-state index contributed by atoms with van der Waals surface area (Å²) in [6.07, 6.45) is 2.59. The van der Waals surface area contributed by atoms with Gasteiger partial charge < -0.3 is 23.7 Å². The van der Waals surface area contributed by atoms with Crippen molar-refractivity contribution in [3.63, 3.8) is 0 Å². The SMILES string of the molecule is COc1cc([C@H]2COC(c3ccccc3S(=O)c3ccc(C)cc3)=N2)cc(OC)c1OC1CCCCO1. The lowest BCUT2D eigenvalue weighted by Crippen LogP contribution is -2.25. The third-order valence-electron chi connectivity index (χ3n) is 6.46. The van der Waals surface area contributed by atoms with Crippen LogP contribution < -0.4 is 14.2 Å². The van der Waals surface area contributed by atoms with Crippen molar-refractivity contribution >= 4 is 16.7 Å². The molecule has 0 saturated carbocycles. The molecule has 3 aromatic carbocycles. The van der Waals surface area contributed by atoms with Crippen LogP contribution >= 0.6 is 0 Å². The molecule has 1 saturated heterocycles. The van der Waals surface area contributed by atoms with Crippen molar-refractivity contribution in [3.05, 3.63) is 77.4 Å². The lowest BCUT2D eigenvalue weighted by atomic mass is 10.1. The van der Waals surface area contributed by atoms with Crippen molar-refractivity contribution in [1.29, 1.82) is 0 Å². The highest BCUT2D eigenvalue weighted by atomic mass is 32.2. The number of methoxy groups -OCH3 is 2. The predicted octanol–water partition coefficient (Wildman–Crippen LogP) is 5.60. The molecule has 2 aliphatic rings. The molecule has 7 nitrogen and oxygen atoms in total. The average Bonchev–Trinajstić information content (AvgIpc) is 3.44. The summed E-state index contributed by atoms with van der Waals surface area (Å²) in [5, 5.41) is 0. The van der Waals surface area contributed by atoms with Gasteiger partial charge in [0.05, 0.1) is 42.1 Å². The van der Waals surface area contributed by atoms with Gasteiger partial charge >= 0.3 is 0 Å². The minimum atomic E-state index is -1.36. The van der Waals surface area contributed by atoms with Gasteiger partial charge in [0.1, 0.15) is 12.6 Å². The summed E-state index contributed by atoms with van der Waals surface area (Å²) >= 11 is 0. The van der Waals surface area contributed by atoms with Crippen LogP contribution in [0.15, 0.2) is 75.4 Å². The molecule has 0 spiro atoms. The topological polar surface area (TPSA) is 75.6 Å². The van der Waals surface area contributed by atoms with Gasteiger partial charge in [-0.3, -0.25) is 0 Å². The minimum Gasteiger partial charge on any atom is -0.493 e. The summed E-state index contributed by atoms with van der Waals surface area (Å²) in [6, 6.07) is 18.8. The van der Waals surface area contributed by atoms with Crippen LogP contribution in [-0.2, 0) is 20.3 Å². The second-order valence-corrected chi connectivity index (χ2v) is 10.5. The molecular weight excluding hydrogens is 490 g/mol. The molecule has 3 atom stereocenters. The maximum absolute atomic E-state index is 13.4. The first-order valence-electron chi connectivity index (χ1n) is 12.4. The smallest absolute Gasteiger partial charge is 0.218 e. The molecule has 5 rings (SSSR count). The van der Waals surface area contributed by atoms with Crippen LogP contribution in [0.25, 0.3) is 0 Å². The molecule has 0 aliphatic carbocycles. The van der Waals surface area contributed by atoms with Crippen molar-refractivity contribution in [2.45, 2.75) is 48.3 Å². The summed E-state index contributed by atoms with van der Waals surface area (Å²) in [6.45, 7) is 3.04. The van der Waals surface area contributed by atoms with E-state index in [1.807, 2.05) is 67.6 Å². The minimum absolute atomic E-state index is 0.279. The van der Waals surface area contributed by atoms with Crippen LogP contribution in [-0.4, -0.2) is 43.8 Å². The number of hydrogen-bond donors (Lipinski definition) is 0. The third-order valence-corrected chi connectivity index (χ3v) is 7.91. The molecule has 2 heterocycles. The Labute approximate surface area is 219 Å². The van der Waals surface area contributed by atoms with Gasteiger partial charge in [-0.25, -0.2) is 9.20 Å². The molecule has 1 fully saturated rings. The van der Waals surface area contributed by atoms with Gasteiger partial charge in [-0.05, 0) is 61.7 Å². The molecule has 194 valence electrons. The van der Waals surface area contributed by atoms with Gasteiger partial charge in [0, 0.05) is 11.3 Å². The number of aryl methyl sites for hydroxylation is 1. The Bertz CT molecular complexity index is 1270. The first-order chi connectivity index (χ1) is 18.1. The summed E-state index contributed by atoms with van der Waals surface area (Å²) in [4.78, 5) is 6.26. The normalized spacial score (nSPS) is 20.0. The Morgan fingerprint density at radius 2 is 1.70 bits per heavy atom. The van der Waals surface area contributed by atoms with E-state index in [0.717, 1.165) is 40.8 Å². The van der Waals surface area contributed by atoms with E-state index in [-0.39, 0.29) is 12.3 Å². The van der Waals surface area contributed by atoms with E-state index < -0.39 is 10.8 Å². The van der Waals surface area contributed by atoms with Crippen LogP contribution in [0.2, 0.25) is 0 Å². The van der Waals surface area contributed by atoms with Crippen molar-refractivity contribution < 1.29 is 27.9 Å². The number of aliphatic imine (C=N–C) groups is 1. The van der Waals surface area contributed by atoms with Gasteiger partial charge in [-0.2, -0.15) is 0 Å². The van der Waals surface area contributed by atoms with E-state index in [9.17, 15) is 4.21 Å². The molecule has 2 aliphatic heterocycles. The van der Waals surface area contributed by atoms with Gasteiger partial charge in [0.2, 0.25) is 11.6 Å². The highest BCUT2D eigenvalue weighted by Gasteiger charge is 2.28. The van der Waals surface area contributed by atoms with Crippen molar-refractivity contribution in [2.75, 3.05) is 27.4 Å². The van der Waals surface area contributed by atoms with E-state index in [0.29, 0.717) is 41.3 Å². The lowest BCUT2D eigenvalue weighted by Gasteiger charge is -2.25. The Kier molecular flexibility index (Phi) is 7.76. The quantitative estimate of drug-likeness (QED) is 0.384. The van der Waals surface area contributed by atoms with Gasteiger partial charge in [0.15, 0.2) is 17.8 Å². The van der Waals surface area contributed by atoms with Crippen molar-refractivity contribution in [3.8, 4) is 17.2 Å². The number of nitrogens with zero attached hydrogens (tertiary/aromatic N) is 1. The van der Waals surface area contributed by atoms with Crippen molar-refractivity contribution in [2.24, 2.45) is 4.99 Å². The fourth-order valence-electron chi connectivity index (χ4n) is 4.43. The molecule has 0 bridgehead atoms. The lowest BCUT2D eigenvalue weighted by molar-refractivity contribution is -0.107. The zero-order valence-corrected chi connectivity index (χ0v) is 22.1. The highest BCUT2D eigenvalue weighted by Crippen LogP contribution is 2.43. The predicted molar refractivity (Wildman–Crippen MR) is 141 cm³/mol. The Balaban J connectivity index is 1.43. The number of rotatable bonds is 8. The monoisotopic (exact) mass is 521 g/mol. The van der Waals surface area contributed by atoms with Crippen LogP contribution in [0, 0.1) is 6.92 Å². The average molecular weight is 522 g/mol. The highest BCUT2D eigenvalue weighted by molar-refractivity contribution is 7.85. The summed E-state index contributed by atoms with van der Waals surface area (Å²) in [7, 11) is 1.84. The zero-order chi connectivity index (χ0) is 25.8. The maximum atomic E-state index is 13.4. The van der Waals surface area contributed by atoms with Crippen LogP contribution in [0.3, 0.4) is 0 Å². The summed E-state index contributed by atoms with van der Waals surface area (Å²) in [5.41, 5.74) is 2.71. The number of hydrogen-bond acceptors (Lipinski definition) is 7. The van der Waals surface area contributed by atoms with E-state index in [2.05, 4.69) is 0 Å². The molecule has 0 N–H and O–H groups in total. The van der Waals surface area contributed by atoms with Crippen molar-refractivity contribution in [1.82, 2.24) is 0 Å². The second-order valence-electron chi connectivity index (χ2n) is 9.01. The number of benzene rings is 3. The zero-order valence-electron chi connectivity index (χ0n) is 21.3. The Hall–Kier alpha value is -3.36. The molecule has 0 amide bonds. The first-order valence-corrected chi connectivity index (χ1v) is 13.5. The van der Waals surface area contributed by atoms with Crippen LogP contribution in [0.4, 0.5) is 0 Å².